The normalized spacial score (nSPS) is 16.0. The molecule has 1 unspecified atom stereocenters. The summed E-state index contributed by atoms with van der Waals surface area (Å²) in [4.78, 5) is 2.25. The molecule has 160 valence electrons. The molecular formula is C23H27ClN2O3S. The third-order valence-corrected chi connectivity index (χ3v) is 7.47. The third kappa shape index (κ3) is 4.57. The number of rotatable bonds is 7. The average molecular weight is 447 g/mol. The standard InChI is InChI=1S/C23H27ClN2O3S/c1-16(14-25-30(27,28)13-11-17-6-4-3-5-7-17)23-19-15-26(2)12-10-18-20(24)8-9-21(29-23)22(18)19/h3-9,16,25H,10-15H2,1-2H3. The zero-order chi connectivity index (χ0) is 21.3. The fraction of sp³-hybridized carbons (Fsp3) is 0.391. The van der Waals surface area contributed by atoms with Crippen molar-refractivity contribution >= 4 is 32.6 Å². The Labute approximate surface area is 183 Å². The smallest absolute Gasteiger partial charge is 0.211 e. The topological polar surface area (TPSA) is 62.6 Å². The number of likely N-dealkylation sites (N-methyl/N-ethyl adjacent to an activating group) is 1. The van der Waals surface area contributed by atoms with Gasteiger partial charge >= 0.3 is 0 Å². The second kappa shape index (κ2) is 8.71. The summed E-state index contributed by atoms with van der Waals surface area (Å²) < 4.78 is 34.0. The van der Waals surface area contributed by atoms with Crippen molar-refractivity contribution in [3.05, 3.63) is 69.9 Å². The Bertz CT molecular complexity index is 1140. The zero-order valence-electron chi connectivity index (χ0n) is 17.3. The second-order valence-electron chi connectivity index (χ2n) is 8.14. The molecule has 4 rings (SSSR count). The first-order valence-corrected chi connectivity index (χ1v) is 12.3. The van der Waals surface area contributed by atoms with Crippen LogP contribution in [0.2, 0.25) is 5.02 Å². The van der Waals surface area contributed by atoms with Gasteiger partial charge in [-0.2, -0.15) is 0 Å². The molecule has 0 radical (unpaired) electrons. The van der Waals surface area contributed by atoms with Crippen molar-refractivity contribution in [1.82, 2.24) is 9.62 Å². The fourth-order valence-electron chi connectivity index (χ4n) is 4.08. The summed E-state index contributed by atoms with van der Waals surface area (Å²) in [5, 5.41) is 1.86. The van der Waals surface area contributed by atoms with E-state index in [9.17, 15) is 8.42 Å². The molecule has 0 spiro atoms. The van der Waals surface area contributed by atoms with Crippen LogP contribution in [0.15, 0.2) is 46.9 Å². The van der Waals surface area contributed by atoms with Crippen molar-refractivity contribution in [1.29, 1.82) is 0 Å². The molecule has 0 amide bonds. The van der Waals surface area contributed by atoms with E-state index in [1.165, 1.54) is 0 Å². The first kappa shape index (κ1) is 21.4. The highest BCUT2D eigenvalue weighted by molar-refractivity contribution is 7.89. The van der Waals surface area contributed by atoms with Gasteiger partial charge in [0.2, 0.25) is 10.0 Å². The van der Waals surface area contributed by atoms with Crippen molar-refractivity contribution in [2.75, 3.05) is 25.9 Å². The molecule has 5 nitrogen and oxygen atoms in total. The van der Waals surface area contributed by atoms with Gasteiger partial charge in [-0.05, 0) is 43.1 Å². The van der Waals surface area contributed by atoms with Gasteiger partial charge in [0.25, 0.3) is 0 Å². The van der Waals surface area contributed by atoms with E-state index < -0.39 is 10.0 Å². The minimum Gasteiger partial charge on any atom is -0.460 e. The molecule has 1 aromatic heterocycles. The van der Waals surface area contributed by atoms with E-state index in [1.54, 1.807) is 0 Å². The molecule has 1 aliphatic heterocycles. The molecule has 7 heteroatoms. The maximum Gasteiger partial charge on any atom is 0.211 e. The molecule has 1 aliphatic rings. The van der Waals surface area contributed by atoms with Gasteiger partial charge < -0.3 is 9.32 Å². The molecule has 0 aliphatic carbocycles. The molecule has 0 fully saturated rings. The summed E-state index contributed by atoms with van der Waals surface area (Å²) in [7, 11) is -1.29. The molecule has 0 saturated heterocycles. The summed E-state index contributed by atoms with van der Waals surface area (Å²) in [5.41, 5.74) is 4.09. The van der Waals surface area contributed by atoms with Gasteiger partial charge in [-0.1, -0.05) is 48.9 Å². The first-order chi connectivity index (χ1) is 14.3. The van der Waals surface area contributed by atoms with Crippen LogP contribution in [0.4, 0.5) is 0 Å². The predicted octanol–water partition coefficient (Wildman–Crippen LogP) is 4.34. The summed E-state index contributed by atoms with van der Waals surface area (Å²) in [6, 6.07) is 13.5. The lowest BCUT2D eigenvalue weighted by molar-refractivity contribution is 0.330. The number of nitrogens with zero attached hydrogens (tertiary/aromatic N) is 1. The van der Waals surface area contributed by atoms with E-state index in [0.717, 1.165) is 58.0 Å². The Morgan fingerprint density at radius 1 is 1.17 bits per heavy atom. The summed E-state index contributed by atoms with van der Waals surface area (Å²) in [6.07, 6.45) is 1.37. The van der Waals surface area contributed by atoms with Gasteiger partial charge in [-0.25, -0.2) is 13.1 Å². The van der Waals surface area contributed by atoms with Crippen LogP contribution in [0.5, 0.6) is 0 Å². The maximum absolute atomic E-state index is 12.5. The van der Waals surface area contributed by atoms with E-state index in [-0.39, 0.29) is 11.7 Å². The van der Waals surface area contributed by atoms with Gasteiger partial charge in [-0.3, -0.25) is 0 Å². The third-order valence-electron chi connectivity index (χ3n) is 5.77. The SMILES string of the molecule is CC(CNS(=O)(=O)CCc1ccccc1)c1oc2ccc(Cl)c3c2c1CN(C)CC3. The van der Waals surface area contributed by atoms with E-state index in [1.807, 2.05) is 49.4 Å². The number of sulfonamides is 1. The molecule has 1 N–H and O–H groups in total. The van der Waals surface area contributed by atoms with Crippen molar-refractivity contribution in [2.24, 2.45) is 0 Å². The minimum absolute atomic E-state index is 0.0687. The summed E-state index contributed by atoms with van der Waals surface area (Å²) in [6.45, 7) is 3.99. The fourth-order valence-corrected chi connectivity index (χ4v) is 5.49. The lowest BCUT2D eigenvalue weighted by Crippen LogP contribution is -2.30. The van der Waals surface area contributed by atoms with Crippen LogP contribution in [0.1, 0.15) is 35.3 Å². The number of benzene rings is 2. The molecular weight excluding hydrogens is 420 g/mol. The van der Waals surface area contributed by atoms with Gasteiger partial charge in [0, 0.05) is 41.5 Å². The van der Waals surface area contributed by atoms with E-state index >= 15 is 0 Å². The zero-order valence-corrected chi connectivity index (χ0v) is 18.9. The van der Waals surface area contributed by atoms with Crippen molar-refractivity contribution in [3.8, 4) is 0 Å². The lowest BCUT2D eigenvalue weighted by atomic mass is 9.99. The van der Waals surface area contributed by atoms with Crippen LogP contribution >= 0.6 is 11.6 Å². The van der Waals surface area contributed by atoms with E-state index in [0.29, 0.717) is 13.0 Å². The molecule has 2 heterocycles. The number of aryl methyl sites for hydroxylation is 1. The number of hydrogen-bond donors (Lipinski definition) is 1. The molecule has 30 heavy (non-hydrogen) atoms. The van der Waals surface area contributed by atoms with Gasteiger partial charge in [0.1, 0.15) is 11.3 Å². The largest absolute Gasteiger partial charge is 0.460 e. The van der Waals surface area contributed by atoms with Crippen LogP contribution in [0, 0.1) is 0 Å². The van der Waals surface area contributed by atoms with E-state index in [4.69, 9.17) is 16.0 Å². The molecule has 0 bridgehead atoms. The number of halogens is 1. The summed E-state index contributed by atoms with van der Waals surface area (Å²) >= 11 is 6.47. The molecule has 2 aromatic carbocycles. The Hall–Kier alpha value is -1.86. The minimum atomic E-state index is -3.37. The van der Waals surface area contributed by atoms with Gasteiger partial charge in [0.05, 0.1) is 5.75 Å². The van der Waals surface area contributed by atoms with Crippen LogP contribution in [-0.4, -0.2) is 39.2 Å². The number of furan rings is 1. The molecule has 3 aromatic rings. The molecule has 1 atom stereocenters. The van der Waals surface area contributed by atoms with Crippen molar-refractivity contribution < 1.29 is 12.8 Å². The number of nitrogens with one attached hydrogen (secondary N) is 1. The van der Waals surface area contributed by atoms with Crippen LogP contribution in [0.3, 0.4) is 0 Å². The Kier molecular flexibility index (Phi) is 6.21. The Morgan fingerprint density at radius 3 is 2.70 bits per heavy atom. The quantitative estimate of drug-likeness (QED) is 0.586. The lowest BCUT2D eigenvalue weighted by Gasteiger charge is -2.16. The second-order valence-corrected chi connectivity index (χ2v) is 10.5. The van der Waals surface area contributed by atoms with Crippen LogP contribution < -0.4 is 4.72 Å². The first-order valence-electron chi connectivity index (χ1n) is 10.3. The monoisotopic (exact) mass is 446 g/mol. The highest BCUT2D eigenvalue weighted by Crippen LogP contribution is 2.38. The molecule has 0 saturated carbocycles. The van der Waals surface area contributed by atoms with Gasteiger partial charge in [0.15, 0.2) is 0 Å². The van der Waals surface area contributed by atoms with Gasteiger partial charge in [-0.15, -0.1) is 0 Å². The summed E-state index contributed by atoms with van der Waals surface area (Å²) in [5.74, 6) is 0.823. The average Bonchev–Trinajstić information content (AvgIpc) is 2.99. The maximum atomic E-state index is 12.5. The number of hydrogen-bond acceptors (Lipinski definition) is 4. The van der Waals surface area contributed by atoms with E-state index in [2.05, 4.69) is 16.7 Å². The Morgan fingerprint density at radius 2 is 1.93 bits per heavy atom. The van der Waals surface area contributed by atoms with Crippen molar-refractivity contribution in [2.45, 2.75) is 32.2 Å². The highest BCUT2D eigenvalue weighted by atomic mass is 35.5. The van der Waals surface area contributed by atoms with Crippen molar-refractivity contribution in [3.63, 3.8) is 0 Å². The predicted molar refractivity (Wildman–Crippen MR) is 122 cm³/mol. The van der Waals surface area contributed by atoms with Crippen LogP contribution in [-0.2, 0) is 29.4 Å². The van der Waals surface area contributed by atoms with Crippen LogP contribution in [0.25, 0.3) is 11.0 Å². The highest BCUT2D eigenvalue weighted by Gasteiger charge is 2.26. The Balaban J connectivity index is 1.51.